The zero-order valence-electron chi connectivity index (χ0n) is 14.0. The molecule has 0 fully saturated rings. The Balaban J connectivity index is 1.85. The molecule has 1 aromatic heterocycles. The highest BCUT2D eigenvalue weighted by Crippen LogP contribution is 2.36. The summed E-state index contributed by atoms with van der Waals surface area (Å²) in [5.74, 6) is 1.10. The number of benzene rings is 2. The van der Waals surface area contributed by atoms with E-state index in [1.807, 2.05) is 18.2 Å². The first kappa shape index (κ1) is 18.2. The van der Waals surface area contributed by atoms with Crippen LogP contribution in [0.4, 0.5) is 5.69 Å². The molecule has 0 atom stereocenters. The average molecular weight is 392 g/mol. The summed E-state index contributed by atoms with van der Waals surface area (Å²) in [6.45, 7) is 0. The fourth-order valence-electron chi connectivity index (χ4n) is 2.40. The van der Waals surface area contributed by atoms with Gasteiger partial charge in [-0.2, -0.15) is 0 Å². The standard InChI is InChI=1S/C19H15Cl2NO4/c1-24-17-9-13(21)14(10-18(17)25-2)22-19(23)16-8-7-15(26-16)11-5-3-4-6-12(11)20/h3-10H,1-2H3,(H,22,23). The lowest BCUT2D eigenvalue weighted by Gasteiger charge is -2.12. The van der Waals surface area contributed by atoms with Gasteiger partial charge in [-0.3, -0.25) is 4.79 Å². The van der Waals surface area contributed by atoms with Gasteiger partial charge in [0.25, 0.3) is 5.91 Å². The first-order valence-corrected chi connectivity index (χ1v) is 8.36. The summed E-state index contributed by atoms with van der Waals surface area (Å²) in [5.41, 5.74) is 1.09. The predicted octanol–water partition coefficient (Wildman–Crippen LogP) is 5.52. The molecule has 0 aliphatic carbocycles. The number of carbonyl (C=O) groups is 1. The second-order valence-electron chi connectivity index (χ2n) is 5.28. The van der Waals surface area contributed by atoms with Crippen molar-refractivity contribution in [2.24, 2.45) is 0 Å². The third-order valence-electron chi connectivity index (χ3n) is 3.69. The van der Waals surface area contributed by atoms with Crippen molar-refractivity contribution in [2.45, 2.75) is 0 Å². The normalized spacial score (nSPS) is 10.5. The second kappa shape index (κ2) is 7.72. The van der Waals surface area contributed by atoms with Crippen LogP contribution in [-0.4, -0.2) is 20.1 Å². The van der Waals surface area contributed by atoms with Gasteiger partial charge in [-0.25, -0.2) is 0 Å². The SMILES string of the molecule is COc1cc(Cl)c(NC(=O)c2ccc(-c3ccccc3Cl)o2)cc1OC. The molecule has 3 aromatic rings. The molecular formula is C19H15Cl2NO4. The number of hydrogen-bond donors (Lipinski definition) is 1. The Bertz CT molecular complexity index is 952. The molecule has 3 rings (SSSR count). The summed E-state index contributed by atoms with van der Waals surface area (Å²) < 4.78 is 16.0. The molecule has 0 saturated heterocycles. The van der Waals surface area contributed by atoms with Crippen molar-refractivity contribution < 1.29 is 18.7 Å². The van der Waals surface area contributed by atoms with Crippen LogP contribution < -0.4 is 14.8 Å². The lowest BCUT2D eigenvalue weighted by molar-refractivity contribution is 0.0997. The van der Waals surface area contributed by atoms with Crippen LogP contribution in [0.1, 0.15) is 10.6 Å². The van der Waals surface area contributed by atoms with E-state index in [1.54, 1.807) is 30.3 Å². The molecular weight excluding hydrogens is 377 g/mol. The van der Waals surface area contributed by atoms with Crippen molar-refractivity contribution in [2.75, 3.05) is 19.5 Å². The van der Waals surface area contributed by atoms with Gasteiger partial charge in [0.05, 0.1) is 30.0 Å². The molecule has 0 bridgehead atoms. The number of nitrogens with one attached hydrogen (secondary N) is 1. The fourth-order valence-corrected chi connectivity index (χ4v) is 2.83. The number of carbonyl (C=O) groups excluding carboxylic acids is 1. The molecule has 0 spiro atoms. The second-order valence-corrected chi connectivity index (χ2v) is 6.10. The van der Waals surface area contributed by atoms with E-state index in [1.165, 1.54) is 14.2 Å². The first-order chi connectivity index (χ1) is 12.5. The van der Waals surface area contributed by atoms with E-state index in [0.717, 1.165) is 0 Å². The predicted molar refractivity (Wildman–Crippen MR) is 102 cm³/mol. The van der Waals surface area contributed by atoms with E-state index in [0.29, 0.717) is 38.6 Å². The number of methoxy groups -OCH3 is 2. The molecule has 0 aliphatic heterocycles. The molecule has 2 aromatic carbocycles. The molecule has 1 heterocycles. The quantitative estimate of drug-likeness (QED) is 0.621. The van der Waals surface area contributed by atoms with Crippen molar-refractivity contribution in [1.29, 1.82) is 0 Å². The molecule has 0 aliphatic rings. The highest BCUT2D eigenvalue weighted by molar-refractivity contribution is 6.34. The lowest BCUT2D eigenvalue weighted by Crippen LogP contribution is -2.11. The fraction of sp³-hybridized carbons (Fsp3) is 0.105. The molecule has 134 valence electrons. The Morgan fingerprint density at radius 1 is 0.962 bits per heavy atom. The number of amides is 1. The van der Waals surface area contributed by atoms with E-state index in [9.17, 15) is 4.79 Å². The van der Waals surface area contributed by atoms with Crippen molar-refractivity contribution >= 4 is 34.8 Å². The Morgan fingerprint density at radius 2 is 1.65 bits per heavy atom. The van der Waals surface area contributed by atoms with E-state index in [-0.39, 0.29) is 5.76 Å². The van der Waals surface area contributed by atoms with Crippen LogP contribution in [0.5, 0.6) is 11.5 Å². The van der Waals surface area contributed by atoms with Crippen LogP contribution in [-0.2, 0) is 0 Å². The zero-order valence-corrected chi connectivity index (χ0v) is 15.5. The molecule has 26 heavy (non-hydrogen) atoms. The van der Waals surface area contributed by atoms with Gasteiger partial charge >= 0.3 is 0 Å². The monoisotopic (exact) mass is 391 g/mol. The Hall–Kier alpha value is -2.63. The minimum Gasteiger partial charge on any atom is -0.493 e. The molecule has 5 nitrogen and oxygen atoms in total. The largest absolute Gasteiger partial charge is 0.493 e. The zero-order chi connectivity index (χ0) is 18.7. The summed E-state index contributed by atoms with van der Waals surface area (Å²) in [6.07, 6.45) is 0. The van der Waals surface area contributed by atoms with Crippen molar-refractivity contribution in [3.63, 3.8) is 0 Å². The number of halogens is 2. The summed E-state index contributed by atoms with van der Waals surface area (Å²) in [6, 6.07) is 13.6. The van der Waals surface area contributed by atoms with E-state index in [4.69, 9.17) is 37.1 Å². The molecule has 1 amide bonds. The molecule has 0 unspecified atom stereocenters. The topological polar surface area (TPSA) is 60.7 Å². The van der Waals surface area contributed by atoms with Gasteiger partial charge in [-0.1, -0.05) is 35.3 Å². The molecule has 0 radical (unpaired) electrons. The van der Waals surface area contributed by atoms with Gasteiger partial charge in [0, 0.05) is 17.7 Å². The van der Waals surface area contributed by atoms with Crippen LogP contribution in [0.3, 0.4) is 0 Å². The Kier molecular flexibility index (Phi) is 5.40. The summed E-state index contributed by atoms with van der Waals surface area (Å²) in [4.78, 5) is 12.5. The van der Waals surface area contributed by atoms with Crippen LogP contribution >= 0.6 is 23.2 Å². The van der Waals surface area contributed by atoms with Crippen LogP contribution in [0.15, 0.2) is 52.9 Å². The maximum absolute atomic E-state index is 12.5. The van der Waals surface area contributed by atoms with Gasteiger partial charge in [-0.05, 0) is 24.3 Å². The Labute approximate surface area is 160 Å². The summed E-state index contributed by atoms with van der Waals surface area (Å²) >= 11 is 12.3. The maximum Gasteiger partial charge on any atom is 0.291 e. The van der Waals surface area contributed by atoms with Crippen molar-refractivity contribution in [3.8, 4) is 22.8 Å². The highest BCUT2D eigenvalue weighted by Gasteiger charge is 2.17. The van der Waals surface area contributed by atoms with E-state index >= 15 is 0 Å². The van der Waals surface area contributed by atoms with Gasteiger partial charge in [-0.15, -0.1) is 0 Å². The van der Waals surface area contributed by atoms with Crippen LogP contribution in [0.2, 0.25) is 10.0 Å². The highest BCUT2D eigenvalue weighted by atomic mass is 35.5. The number of ether oxygens (including phenoxy) is 2. The van der Waals surface area contributed by atoms with E-state index < -0.39 is 5.91 Å². The molecule has 0 saturated carbocycles. The van der Waals surface area contributed by atoms with Crippen LogP contribution in [0.25, 0.3) is 11.3 Å². The smallest absolute Gasteiger partial charge is 0.291 e. The Morgan fingerprint density at radius 3 is 2.35 bits per heavy atom. The summed E-state index contributed by atoms with van der Waals surface area (Å²) in [5, 5.41) is 3.55. The average Bonchev–Trinajstić information content (AvgIpc) is 3.13. The van der Waals surface area contributed by atoms with Crippen molar-refractivity contribution in [3.05, 3.63) is 64.3 Å². The molecule has 7 heteroatoms. The third-order valence-corrected chi connectivity index (χ3v) is 4.33. The summed E-state index contributed by atoms with van der Waals surface area (Å²) in [7, 11) is 3.01. The first-order valence-electron chi connectivity index (χ1n) is 7.61. The van der Waals surface area contributed by atoms with Gasteiger partial charge in [0.15, 0.2) is 17.3 Å². The molecule has 1 N–H and O–H groups in total. The number of furan rings is 1. The number of rotatable bonds is 5. The maximum atomic E-state index is 12.5. The van der Waals surface area contributed by atoms with Gasteiger partial charge in [0.1, 0.15) is 5.76 Å². The number of hydrogen-bond acceptors (Lipinski definition) is 4. The lowest BCUT2D eigenvalue weighted by atomic mass is 10.2. The number of anilines is 1. The van der Waals surface area contributed by atoms with Crippen LogP contribution in [0, 0.1) is 0 Å². The minimum atomic E-state index is -0.447. The van der Waals surface area contributed by atoms with Gasteiger partial charge in [0.2, 0.25) is 0 Å². The van der Waals surface area contributed by atoms with Crippen molar-refractivity contribution in [1.82, 2.24) is 0 Å². The van der Waals surface area contributed by atoms with E-state index in [2.05, 4.69) is 5.32 Å². The van der Waals surface area contributed by atoms with Gasteiger partial charge < -0.3 is 19.2 Å². The third kappa shape index (κ3) is 3.64. The minimum absolute atomic E-state index is 0.130.